The van der Waals surface area contributed by atoms with Crippen molar-refractivity contribution in [2.45, 2.75) is 31.4 Å². The number of aromatic amines is 2. The van der Waals surface area contributed by atoms with E-state index < -0.39 is 60.0 Å². The number of sulfonamides is 1. The summed E-state index contributed by atoms with van der Waals surface area (Å²) in [6, 6.07) is 19.9. The van der Waals surface area contributed by atoms with E-state index in [-0.39, 0.29) is 106 Å². The van der Waals surface area contributed by atoms with E-state index in [0.717, 1.165) is 24.3 Å². The van der Waals surface area contributed by atoms with E-state index in [1.54, 1.807) is 18.2 Å². The van der Waals surface area contributed by atoms with Crippen molar-refractivity contribution in [1.29, 1.82) is 0 Å². The van der Waals surface area contributed by atoms with Crippen LogP contribution in [0.5, 0.6) is 0 Å². The number of rotatable bonds is 9. The van der Waals surface area contributed by atoms with Crippen molar-refractivity contribution in [3.63, 3.8) is 0 Å². The van der Waals surface area contributed by atoms with Crippen LogP contribution >= 0.6 is 12.0 Å². The van der Waals surface area contributed by atoms with Crippen LogP contribution in [0.2, 0.25) is 0 Å². The Bertz CT molecular complexity index is 4150. The van der Waals surface area contributed by atoms with E-state index in [0.29, 0.717) is 12.0 Å². The summed E-state index contributed by atoms with van der Waals surface area (Å²) in [7, 11) is -19.2. The molecule has 10 rings (SSSR count). The molecule has 23 nitrogen and oxygen atoms in total. The van der Waals surface area contributed by atoms with E-state index in [9.17, 15) is 47.3 Å². The molecule has 0 spiro atoms. The highest BCUT2D eigenvalue weighted by molar-refractivity contribution is 7.94. The molecule has 5 heterocycles. The summed E-state index contributed by atoms with van der Waals surface area (Å²) in [6.07, 6.45) is 0. The molecule has 0 unspecified atom stereocenters. The number of nitrogens with one attached hydrogen (secondary N) is 3. The van der Waals surface area contributed by atoms with E-state index in [1.165, 1.54) is 55.5 Å². The zero-order valence-corrected chi connectivity index (χ0v) is 37.3. The van der Waals surface area contributed by atoms with Gasteiger partial charge in [0.25, 0.3) is 40.4 Å². The Hall–Kier alpha value is -6.83. The van der Waals surface area contributed by atoms with Gasteiger partial charge in [-0.1, -0.05) is 53.6 Å². The van der Waals surface area contributed by atoms with Crippen LogP contribution in [0.4, 0.5) is 5.69 Å². The van der Waals surface area contributed by atoms with Gasteiger partial charge in [-0.3, -0.25) is 18.4 Å². The van der Waals surface area contributed by atoms with Crippen LogP contribution in [-0.2, 0) is 49.7 Å². The highest BCUT2D eigenvalue weighted by atomic mass is 32.2. The van der Waals surface area contributed by atoms with Gasteiger partial charge < -0.3 is 9.97 Å². The molecule has 0 saturated heterocycles. The van der Waals surface area contributed by atoms with Gasteiger partial charge in [0.2, 0.25) is 0 Å². The average Bonchev–Trinajstić information content (AvgIpc) is 4.00. The Kier molecular flexibility index (Phi) is 10.3. The molecule has 2 aliphatic heterocycles. The maximum Gasteiger partial charge on any atom is 0.295 e. The minimum atomic E-state index is -5.01. The highest BCUT2D eigenvalue weighted by Gasteiger charge is 2.31. The quantitative estimate of drug-likeness (QED) is 0.0369. The van der Waals surface area contributed by atoms with Gasteiger partial charge in [0, 0.05) is 43.9 Å². The molecule has 5 aromatic carbocycles. The Morgan fingerprint density at radius 2 is 1.03 bits per heavy atom. The lowest BCUT2D eigenvalue weighted by Crippen LogP contribution is -2.14. The molecular formula is C39H25N9O14S5. The van der Waals surface area contributed by atoms with Crippen LogP contribution in [0.1, 0.15) is 5.56 Å². The van der Waals surface area contributed by atoms with Crippen LogP contribution in [-0.4, -0.2) is 92.5 Å². The van der Waals surface area contributed by atoms with Gasteiger partial charge >= 0.3 is 0 Å². The van der Waals surface area contributed by atoms with Crippen molar-refractivity contribution in [2.24, 2.45) is 0 Å². The number of H-pyrrole nitrogens is 2. The Morgan fingerprint density at radius 1 is 0.537 bits per heavy atom. The second kappa shape index (κ2) is 15.6. The number of hydrogen-bond acceptors (Lipinski definition) is 18. The average molecular weight is 1000 g/mol. The van der Waals surface area contributed by atoms with Crippen molar-refractivity contribution >= 4 is 102 Å². The standard InChI is InChI=1S/C39H25N9O14S5/c1-17-16-18(14-15-24(17)65(52,53)54)48-64(50,51)25-11-3-7-20-29(25)37-42-32-19-6-2-10-23(63-62-61-49)28(19)36(40-32)41-34-21-8-4-12-26(66(55,56)57)30(21)39(45-34)47-35-22-9-5-13-27(67(58,59)60)31(22)38(46-35)44-33(20)43-37/h2-16,48-49H,1H3,(H,52,53,54)(H,55,56,57)(H,58,59,60)(H2,40,41,42,43,44,45,46,47). The molecule has 0 fully saturated rings. The van der Waals surface area contributed by atoms with Gasteiger partial charge in [-0.2, -0.15) is 25.3 Å². The molecule has 8 bridgehead atoms. The number of fused-ring (bicyclic) bond motifs is 20. The van der Waals surface area contributed by atoms with Crippen molar-refractivity contribution in [1.82, 2.24) is 39.9 Å². The van der Waals surface area contributed by atoms with Gasteiger partial charge in [-0.25, -0.2) is 43.6 Å². The molecule has 0 atom stereocenters. The first-order valence-corrected chi connectivity index (χ1v) is 25.3. The first-order valence-electron chi connectivity index (χ1n) is 18.8. The first-order chi connectivity index (χ1) is 31.7. The molecule has 340 valence electrons. The second-order valence-electron chi connectivity index (χ2n) is 14.6. The van der Waals surface area contributed by atoms with Crippen molar-refractivity contribution < 1.29 is 62.0 Å². The summed E-state index contributed by atoms with van der Waals surface area (Å²) in [4.78, 5) is 32.3. The Labute approximate surface area is 380 Å². The Balaban J connectivity index is 1.36. The van der Waals surface area contributed by atoms with Crippen molar-refractivity contribution in [3.8, 4) is 45.6 Å². The fraction of sp³-hybridized carbons (Fsp3) is 0.0256. The third-order valence-corrected chi connectivity index (χ3v) is 15.4. The molecule has 8 aromatic rings. The van der Waals surface area contributed by atoms with Crippen LogP contribution in [0.25, 0.3) is 89.7 Å². The van der Waals surface area contributed by atoms with E-state index in [1.807, 2.05) is 0 Å². The number of aryl methyl sites for hydroxylation is 1. The van der Waals surface area contributed by atoms with Crippen molar-refractivity contribution in [2.75, 3.05) is 4.72 Å². The highest BCUT2D eigenvalue weighted by Crippen LogP contribution is 2.43. The lowest BCUT2D eigenvalue weighted by atomic mass is 10.1. The number of benzene rings is 5. The topological polar surface area (TPSA) is 357 Å². The molecule has 0 saturated carbocycles. The molecule has 7 N–H and O–H groups in total. The van der Waals surface area contributed by atoms with Gasteiger partial charge in [0.1, 0.15) is 32.4 Å². The van der Waals surface area contributed by atoms with E-state index in [4.69, 9.17) is 24.5 Å². The number of aromatic nitrogens is 8. The predicted molar refractivity (Wildman–Crippen MR) is 238 cm³/mol. The largest absolute Gasteiger partial charge is 0.324 e. The van der Waals surface area contributed by atoms with Crippen LogP contribution in [0.3, 0.4) is 0 Å². The zero-order chi connectivity index (χ0) is 47.4. The monoisotopic (exact) mass is 1000 g/mol. The van der Waals surface area contributed by atoms with Gasteiger partial charge in [0.05, 0.1) is 32.3 Å². The summed E-state index contributed by atoms with van der Waals surface area (Å²) in [5, 5.41) is 12.8. The summed E-state index contributed by atoms with van der Waals surface area (Å²) in [5.74, 6) is -0.804. The number of nitrogens with zero attached hydrogens (tertiary/aromatic N) is 6. The first kappa shape index (κ1) is 44.0. The summed E-state index contributed by atoms with van der Waals surface area (Å²) in [6.45, 7) is 1.35. The maximum atomic E-state index is 14.4. The summed E-state index contributed by atoms with van der Waals surface area (Å²) >= 11 is 0.558. The normalized spacial score (nSPS) is 12.9. The lowest BCUT2D eigenvalue weighted by Gasteiger charge is -2.11. The van der Waals surface area contributed by atoms with Crippen molar-refractivity contribution in [3.05, 3.63) is 96.6 Å². The van der Waals surface area contributed by atoms with Gasteiger partial charge in [0.15, 0.2) is 23.3 Å². The number of hydrogen-bond donors (Lipinski definition) is 7. The zero-order valence-electron chi connectivity index (χ0n) is 33.3. The number of anilines is 1. The molecule has 2 aliphatic rings. The SMILES string of the molecule is Cc1cc(NS(=O)(=O)c2cccc3c4nc5nc(nc6[nH]c(nc7nc(nc([nH]4)c23)-c2cccc(SOOO)c2-7)c2cccc(S(=O)(=O)O)c62)-c2cccc(S(=O)(=O)O)c2-5)ccc1S(=O)(=O)O. The fourth-order valence-corrected chi connectivity index (χ4v) is 11.8. The molecule has 0 aliphatic carbocycles. The third-order valence-electron chi connectivity index (χ3n) is 10.5. The van der Waals surface area contributed by atoms with E-state index >= 15 is 0 Å². The van der Waals surface area contributed by atoms with Gasteiger partial charge in [-0.05, 0) is 55.0 Å². The molecular weight excluding hydrogens is 979 g/mol. The van der Waals surface area contributed by atoms with Crippen LogP contribution in [0.15, 0.2) is 115 Å². The van der Waals surface area contributed by atoms with Crippen LogP contribution in [0, 0.1) is 6.92 Å². The summed E-state index contributed by atoms with van der Waals surface area (Å²) < 4.78 is 142. The molecule has 67 heavy (non-hydrogen) atoms. The molecule has 0 amide bonds. The van der Waals surface area contributed by atoms with Gasteiger partial charge in [-0.15, -0.1) is 4.33 Å². The molecule has 0 radical (unpaired) electrons. The summed E-state index contributed by atoms with van der Waals surface area (Å²) in [5.41, 5.74) is -0.415. The Morgan fingerprint density at radius 3 is 1.60 bits per heavy atom. The fourth-order valence-electron chi connectivity index (χ4n) is 7.85. The smallest absolute Gasteiger partial charge is 0.295 e. The van der Waals surface area contributed by atoms with E-state index in [2.05, 4.69) is 34.7 Å². The maximum absolute atomic E-state index is 14.4. The molecule has 3 aromatic heterocycles. The third kappa shape index (κ3) is 7.63. The van der Waals surface area contributed by atoms with Crippen LogP contribution < -0.4 is 4.72 Å². The predicted octanol–water partition coefficient (Wildman–Crippen LogP) is 6.15. The second-order valence-corrected chi connectivity index (χ2v) is 21.1. The lowest BCUT2D eigenvalue weighted by molar-refractivity contribution is -0.432. The minimum absolute atomic E-state index is 0.00648. The molecule has 28 heteroatoms. The minimum Gasteiger partial charge on any atom is -0.324 e.